The zero-order valence-corrected chi connectivity index (χ0v) is 11.7. The van der Waals surface area contributed by atoms with Crippen LogP contribution in [0.1, 0.15) is 0 Å². The van der Waals surface area contributed by atoms with Crippen molar-refractivity contribution in [3.63, 3.8) is 0 Å². The first-order valence-electron chi connectivity index (χ1n) is 4.76. The number of benzene rings is 1. The van der Waals surface area contributed by atoms with Gasteiger partial charge in [0.05, 0.1) is 16.8 Å². The van der Waals surface area contributed by atoms with Crippen molar-refractivity contribution < 1.29 is 21.9 Å². The number of hydrogen-bond donors (Lipinski definition) is 2. The molecule has 0 aliphatic carbocycles. The van der Waals surface area contributed by atoms with Gasteiger partial charge in [-0.05, 0) is 22.0 Å². The van der Waals surface area contributed by atoms with E-state index >= 15 is 0 Å². The summed E-state index contributed by atoms with van der Waals surface area (Å²) in [6, 6.07) is 1.58. The molecule has 102 valence electrons. The van der Waals surface area contributed by atoms with Gasteiger partial charge in [-0.3, -0.25) is 4.72 Å². The van der Waals surface area contributed by atoms with E-state index in [1.807, 2.05) is 4.72 Å². The molecule has 0 aliphatic rings. The third-order valence-corrected chi connectivity index (χ3v) is 3.53. The highest BCUT2D eigenvalue weighted by Gasteiger charge is 2.14. The summed E-state index contributed by atoms with van der Waals surface area (Å²) < 4.78 is 58.0. The van der Waals surface area contributed by atoms with Gasteiger partial charge in [-0.15, -0.1) is 0 Å². The van der Waals surface area contributed by atoms with Gasteiger partial charge < -0.3 is 4.74 Å². The summed E-state index contributed by atoms with van der Waals surface area (Å²) in [5.74, 6) is -1.66. The zero-order valence-electron chi connectivity index (χ0n) is 9.34. The number of halogens is 3. The number of hydrogen-bond acceptors (Lipinski definition) is 3. The van der Waals surface area contributed by atoms with Crippen molar-refractivity contribution in [1.82, 2.24) is 4.72 Å². The number of methoxy groups -OCH3 is 1. The predicted octanol–water partition coefficient (Wildman–Crippen LogP) is 1.62. The second-order valence-electron chi connectivity index (χ2n) is 3.24. The minimum absolute atomic E-state index is 0.0203. The van der Waals surface area contributed by atoms with Crippen molar-refractivity contribution in [2.45, 2.75) is 0 Å². The molecule has 0 unspecified atom stereocenters. The van der Waals surface area contributed by atoms with Crippen LogP contribution in [-0.4, -0.2) is 28.7 Å². The molecule has 0 radical (unpaired) electrons. The van der Waals surface area contributed by atoms with E-state index in [2.05, 4.69) is 25.4 Å². The normalized spacial score (nSPS) is 11.6. The zero-order chi connectivity index (χ0) is 13.8. The van der Waals surface area contributed by atoms with Crippen molar-refractivity contribution in [3.05, 3.63) is 28.2 Å². The Labute approximate surface area is 112 Å². The standard InChI is InChI=1S/C9H11BrF2N2O3S/c1-17-3-2-13-18(15,16)14-9-5-7(11)6(10)4-8(9)12/h4-5,13-14H,2-3H2,1H3. The van der Waals surface area contributed by atoms with Gasteiger partial charge in [0.25, 0.3) is 10.2 Å². The van der Waals surface area contributed by atoms with Gasteiger partial charge in [-0.2, -0.15) is 13.1 Å². The summed E-state index contributed by atoms with van der Waals surface area (Å²) in [7, 11) is -2.55. The molecule has 0 atom stereocenters. The molecule has 0 saturated carbocycles. The summed E-state index contributed by atoms with van der Waals surface area (Å²) >= 11 is 2.79. The Hall–Kier alpha value is -0.770. The molecular weight excluding hydrogens is 334 g/mol. The van der Waals surface area contributed by atoms with Crippen LogP contribution in [0.25, 0.3) is 0 Å². The highest BCUT2D eigenvalue weighted by atomic mass is 79.9. The Morgan fingerprint density at radius 3 is 2.61 bits per heavy atom. The van der Waals surface area contributed by atoms with E-state index < -0.39 is 27.5 Å². The lowest BCUT2D eigenvalue weighted by atomic mass is 10.3. The average Bonchev–Trinajstić information content (AvgIpc) is 2.26. The molecule has 0 bridgehead atoms. The van der Waals surface area contributed by atoms with Crippen molar-refractivity contribution in [3.8, 4) is 0 Å². The molecule has 0 fully saturated rings. The molecule has 1 aromatic rings. The average molecular weight is 345 g/mol. The lowest BCUT2D eigenvalue weighted by molar-refractivity contribution is 0.204. The highest BCUT2D eigenvalue weighted by Crippen LogP contribution is 2.23. The number of rotatable bonds is 6. The molecule has 9 heteroatoms. The molecule has 1 aromatic carbocycles. The molecule has 0 heterocycles. The van der Waals surface area contributed by atoms with Crippen LogP contribution in [-0.2, 0) is 14.9 Å². The van der Waals surface area contributed by atoms with Crippen molar-refractivity contribution in [2.75, 3.05) is 25.0 Å². The Morgan fingerprint density at radius 1 is 1.33 bits per heavy atom. The van der Waals surface area contributed by atoms with Crippen LogP contribution in [0.3, 0.4) is 0 Å². The predicted molar refractivity (Wildman–Crippen MR) is 66.5 cm³/mol. The van der Waals surface area contributed by atoms with E-state index in [4.69, 9.17) is 0 Å². The van der Waals surface area contributed by atoms with E-state index in [1.165, 1.54) is 7.11 Å². The molecule has 0 aromatic heterocycles. The third-order valence-electron chi connectivity index (χ3n) is 1.85. The molecule has 2 N–H and O–H groups in total. The fourth-order valence-electron chi connectivity index (χ4n) is 1.06. The smallest absolute Gasteiger partial charge is 0.299 e. The Morgan fingerprint density at radius 2 is 2.00 bits per heavy atom. The SMILES string of the molecule is COCCNS(=O)(=O)Nc1cc(F)c(Br)cc1F. The van der Waals surface area contributed by atoms with Crippen LogP contribution >= 0.6 is 15.9 Å². The lowest BCUT2D eigenvalue weighted by Crippen LogP contribution is -2.32. The van der Waals surface area contributed by atoms with Gasteiger partial charge in [0.15, 0.2) is 0 Å². The van der Waals surface area contributed by atoms with Crippen LogP contribution < -0.4 is 9.44 Å². The van der Waals surface area contributed by atoms with Crippen LogP contribution in [0.4, 0.5) is 14.5 Å². The Kier molecular flexibility index (Phi) is 5.45. The fraction of sp³-hybridized carbons (Fsp3) is 0.333. The highest BCUT2D eigenvalue weighted by molar-refractivity contribution is 9.10. The van der Waals surface area contributed by atoms with Crippen molar-refractivity contribution in [1.29, 1.82) is 0 Å². The summed E-state index contributed by atoms with van der Waals surface area (Å²) in [4.78, 5) is 0. The van der Waals surface area contributed by atoms with Gasteiger partial charge in [0.2, 0.25) is 0 Å². The van der Waals surface area contributed by atoms with Crippen LogP contribution in [0, 0.1) is 11.6 Å². The number of anilines is 1. The fourth-order valence-corrected chi connectivity index (χ4v) is 2.25. The first kappa shape index (κ1) is 15.3. The van der Waals surface area contributed by atoms with Gasteiger partial charge in [-0.1, -0.05) is 0 Å². The van der Waals surface area contributed by atoms with Crippen molar-refractivity contribution in [2.24, 2.45) is 0 Å². The van der Waals surface area contributed by atoms with Crippen LogP contribution in [0.5, 0.6) is 0 Å². The van der Waals surface area contributed by atoms with Crippen LogP contribution in [0.2, 0.25) is 0 Å². The monoisotopic (exact) mass is 344 g/mol. The summed E-state index contributed by atoms with van der Waals surface area (Å²) in [5.41, 5.74) is -0.472. The lowest BCUT2D eigenvalue weighted by Gasteiger charge is -2.10. The van der Waals surface area contributed by atoms with E-state index in [0.717, 1.165) is 12.1 Å². The largest absolute Gasteiger partial charge is 0.383 e. The summed E-state index contributed by atoms with van der Waals surface area (Å²) in [5, 5.41) is 0. The Balaban J connectivity index is 2.81. The topological polar surface area (TPSA) is 67.4 Å². The quantitative estimate of drug-likeness (QED) is 0.608. The van der Waals surface area contributed by atoms with E-state index in [9.17, 15) is 17.2 Å². The van der Waals surface area contributed by atoms with E-state index in [1.54, 1.807) is 0 Å². The van der Waals surface area contributed by atoms with Crippen molar-refractivity contribution >= 4 is 31.8 Å². The van der Waals surface area contributed by atoms with Gasteiger partial charge >= 0.3 is 0 Å². The first-order chi connectivity index (χ1) is 8.35. The minimum Gasteiger partial charge on any atom is -0.383 e. The molecule has 1 rings (SSSR count). The molecule has 5 nitrogen and oxygen atoms in total. The molecule has 18 heavy (non-hydrogen) atoms. The molecule has 0 spiro atoms. The molecular formula is C9H11BrF2N2O3S. The maximum absolute atomic E-state index is 13.4. The number of ether oxygens (including phenoxy) is 1. The first-order valence-corrected chi connectivity index (χ1v) is 7.04. The number of nitrogens with one attached hydrogen (secondary N) is 2. The summed E-state index contributed by atoms with van der Waals surface area (Å²) in [6.45, 7) is 0.185. The van der Waals surface area contributed by atoms with Gasteiger partial charge in [-0.25, -0.2) is 8.78 Å². The Bertz CT molecular complexity index is 525. The van der Waals surface area contributed by atoms with Gasteiger partial charge in [0.1, 0.15) is 11.6 Å². The molecule has 0 amide bonds. The minimum atomic E-state index is -3.96. The second-order valence-corrected chi connectivity index (χ2v) is 5.59. The van der Waals surface area contributed by atoms with Crippen LogP contribution in [0.15, 0.2) is 16.6 Å². The van der Waals surface area contributed by atoms with Gasteiger partial charge in [0, 0.05) is 19.7 Å². The molecule has 0 saturated heterocycles. The second kappa shape index (κ2) is 6.41. The maximum atomic E-state index is 13.4. The van der Waals surface area contributed by atoms with E-state index in [0.29, 0.717) is 0 Å². The summed E-state index contributed by atoms with van der Waals surface area (Å²) in [6.07, 6.45) is 0. The van der Waals surface area contributed by atoms with E-state index in [-0.39, 0.29) is 17.6 Å². The maximum Gasteiger partial charge on any atom is 0.299 e. The molecule has 0 aliphatic heterocycles. The third kappa shape index (κ3) is 4.48.